The first kappa shape index (κ1) is 17.0. The third-order valence-electron chi connectivity index (χ3n) is 6.15. The number of carbonyl (C=O) groups is 1. The summed E-state index contributed by atoms with van der Waals surface area (Å²) in [7, 11) is 2.11. The van der Waals surface area contributed by atoms with Gasteiger partial charge < -0.3 is 19.5 Å². The Labute approximate surface area is 163 Å². The van der Waals surface area contributed by atoms with Crippen LogP contribution >= 0.6 is 0 Å². The van der Waals surface area contributed by atoms with E-state index in [1.165, 1.54) is 0 Å². The topological polar surface area (TPSA) is 74.4 Å². The van der Waals surface area contributed by atoms with Crippen molar-refractivity contribution in [3.8, 4) is 5.75 Å². The number of likely N-dealkylation sites (tertiary alicyclic amines) is 1. The van der Waals surface area contributed by atoms with E-state index < -0.39 is 0 Å². The van der Waals surface area contributed by atoms with Gasteiger partial charge in [-0.05, 0) is 42.9 Å². The standard InChI is InChI=1S/C21H23N5O2/c1-25(20-18-7-8-22-19(18)23-13-24-20)16-9-14-11-26(12-15(14)10-16)21(27)28-17-5-3-2-4-6-17/h2-8,13-16H,9-12H2,1H3,(H,22,23,24)/t14-,15+,16?. The highest BCUT2D eigenvalue weighted by atomic mass is 16.6. The highest BCUT2D eigenvalue weighted by Crippen LogP contribution is 2.41. The van der Waals surface area contributed by atoms with Crippen LogP contribution in [0.4, 0.5) is 10.6 Å². The summed E-state index contributed by atoms with van der Waals surface area (Å²) in [5.41, 5.74) is 0.866. The van der Waals surface area contributed by atoms with Crippen molar-refractivity contribution in [3.05, 3.63) is 48.9 Å². The highest BCUT2D eigenvalue weighted by Gasteiger charge is 2.44. The van der Waals surface area contributed by atoms with Crippen LogP contribution in [0.1, 0.15) is 12.8 Å². The molecule has 1 aliphatic heterocycles. The normalized spacial score (nSPS) is 23.8. The molecule has 2 aliphatic rings. The summed E-state index contributed by atoms with van der Waals surface area (Å²) in [6.07, 6.45) is 5.39. The third kappa shape index (κ3) is 2.96. The van der Waals surface area contributed by atoms with E-state index in [2.05, 4.69) is 26.9 Å². The minimum atomic E-state index is -0.240. The Morgan fingerprint density at radius 1 is 1.14 bits per heavy atom. The molecular formula is C21H23N5O2. The van der Waals surface area contributed by atoms with Crippen LogP contribution in [0.25, 0.3) is 11.0 Å². The largest absolute Gasteiger partial charge is 0.415 e. The van der Waals surface area contributed by atoms with Gasteiger partial charge in [-0.3, -0.25) is 0 Å². The number of ether oxygens (including phenoxy) is 1. The molecule has 3 atom stereocenters. The summed E-state index contributed by atoms with van der Waals surface area (Å²) in [5.74, 6) is 2.59. The van der Waals surface area contributed by atoms with Gasteiger partial charge in [-0.2, -0.15) is 0 Å². The fraction of sp³-hybridized carbons (Fsp3) is 0.381. The predicted octanol–water partition coefficient (Wildman–Crippen LogP) is 3.30. The van der Waals surface area contributed by atoms with Gasteiger partial charge in [0, 0.05) is 32.4 Å². The van der Waals surface area contributed by atoms with Crippen molar-refractivity contribution in [2.24, 2.45) is 11.8 Å². The number of nitrogens with one attached hydrogen (secondary N) is 1. The molecule has 0 radical (unpaired) electrons. The Kier molecular flexibility index (Phi) is 4.15. The van der Waals surface area contributed by atoms with Crippen LogP contribution in [0.3, 0.4) is 0 Å². The molecule has 1 saturated carbocycles. The monoisotopic (exact) mass is 377 g/mol. The van der Waals surface area contributed by atoms with E-state index in [1.807, 2.05) is 47.5 Å². The van der Waals surface area contributed by atoms with Crippen LogP contribution in [0.2, 0.25) is 0 Å². The minimum Gasteiger partial charge on any atom is -0.410 e. The molecule has 0 bridgehead atoms. The molecule has 1 unspecified atom stereocenters. The number of carbonyl (C=O) groups excluding carboxylic acids is 1. The number of H-pyrrole nitrogens is 1. The Balaban J connectivity index is 1.23. The summed E-state index contributed by atoms with van der Waals surface area (Å²) >= 11 is 0. The summed E-state index contributed by atoms with van der Waals surface area (Å²) in [6.45, 7) is 1.54. The number of hydrogen-bond donors (Lipinski definition) is 1. The van der Waals surface area contributed by atoms with Crippen molar-refractivity contribution in [2.45, 2.75) is 18.9 Å². The summed E-state index contributed by atoms with van der Waals surface area (Å²) in [5, 5.41) is 1.05. The van der Waals surface area contributed by atoms with Gasteiger partial charge >= 0.3 is 6.09 Å². The van der Waals surface area contributed by atoms with E-state index in [0.717, 1.165) is 42.8 Å². The van der Waals surface area contributed by atoms with Crippen LogP contribution < -0.4 is 9.64 Å². The van der Waals surface area contributed by atoms with E-state index in [4.69, 9.17) is 4.74 Å². The van der Waals surface area contributed by atoms with Gasteiger partial charge in [-0.15, -0.1) is 0 Å². The Morgan fingerprint density at radius 2 is 1.89 bits per heavy atom. The van der Waals surface area contributed by atoms with Crippen molar-refractivity contribution in [1.82, 2.24) is 19.9 Å². The van der Waals surface area contributed by atoms with E-state index in [-0.39, 0.29) is 6.09 Å². The third-order valence-corrected chi connectivity index (χ3v) is 6.15. The number of para-hydroxylation sites is 1. The van der Waals surface area contributed by atoms with Crippen molar-refractivity contribution in [1.29, 1.82) is 0 Å². The number of hydrogen-bond acceptors (Lipinski definition) is 5. The zero-order chi connectivity index (χ0) is 19.1. The van der Waals surface area contributed by atoms with Crippen LogP contribution in [0, 0.1) is 11.8 Å². The molecule has 2 fully saturated rings. The summed E-state index contributed by atoms with van der Waals surface area (Å²) in [4.78, 5) is 28.6. The van der Waals surface area contributed by atoms with Gasteiger partial charge in [-0.1, -0.05) is 18.2 Å². The van der Waals surface area contributed by atoms with Crippen LogP contribution in [-0.4, -0.2) is 52.1 Å². The number of aromatic amines is 1. The van der Waals surface area contributed by atoms with Crippen molar-refractivity contribution in [2.75, 3.05) is 25.0 Å². The van der Waals surface area contributed by atoms with Crippen molar-refractivity contribution >= 4 is 22.9 Å². The van der Waals surface area contributed by atoms with E-state index in [9.17, 15) is 4.79 Å². The number of anilines is 1. The maximum atomic E-state index is 12.5. The van der Waals surface area contributed by atoms with E-state index in [0.29, 0.717) is 23.6 Å². The average Bonchev–Trinajstić information content (AvgIpc) is 3.42. The first-order valence-corrected chi connectivity index (χ1v) is 9.72. The molecule has 5 rings (SSSR count). The lowest BCUT2D eigenvalue weighted by molar-refractivity contribution is 0.159. The molecule has 1 aromatic carbocycles. The smallest absolute Gasteiger partial charge is 0.410 e. The van der Waals surface area contributed by atoms with Crippen LogP contribution in [0.5, 0.6) is 5.75 Å². The molecule has 1 amide bonds. The Bertz CT molecular complexity index is 975. The molecule has 28 heavy (non-hydrogen) atoms. The van der Waals surface area contributed by atoms with Gasteiger partial charge in [0.05, 0.1) is 5.39 Å². The Morgan fingerprint density at radius 3 is 2.64 bits per heavy atom. The summed E-state index contributed by atoms with van der Waals surface area (Å²) in [6, 6.07) is 11.7. The van der Waals surface area contributed by atoms with Crippen molar-refractivity contribution in [3.63, 3.8) is 0 Å². The lowest BCUT2D eigenvalue weighted by atomic mass is 10.0. The number of rotatable bonds is 3. The zero-order valence-corrected chi connectivity index (χ0v) is 15.8. The fourth-order valence-electron chi connectivity index (χ4n) is 4.70. The molecule has 0 spiro atoms. The van der Waals surface area contributed by atoms with Gasteiger partial charge in [0.15, 0.2) is 0 Å². The SMILES string of the molecule is CN(c1ncnc2[nH]ccc12)C1C[C@@H]2CN(C(=O)Oc3ccccc3)C[C@@H]2C1. The quantitative estimate of drug-likeness (QED) is 0.758. The number of aromatic nitrogens is 3. The van der Waals surface area contributed by atoms with Gasteiger partial charge in [0.2, 0.25) is 0 Å². The molecule has 3 aromatic rings. The molecule has 144 valence electrons. The number of fused-ring (bicyclic) bond motifs is 2. The predicted molar refractivity (Wildman–Crippen MR) is 106 cm³/mol. The fourth-order valence-corrected chi connectivity index (χ4v) is 4.70. The second-order valence-electron chi connectivity index (χ2n) is 7.78. The second-order valence-corrected chi connectivity index (χ2v) is 7.78. The second kappa shape index (κ2) is 6.82. The highest BCUT2D eigenvalue weighted by molar-refractivity contribution is 5.87. The first-order chi connectivity index (χ1) is 13.7. The maximum absolute atomic E-state index is 12.5. The lowest BCUT2D eigenvalue weighted by Crippen LogP contribution is -2.35. The minimum absolute atomic E-state index is 0.240. The van der Waals surface area contributed by atoms with Gasteiger partial charge in [0.25, 0.3) is 0 Å². The molecule has 1 saturated heterocycles. The molecule has 1 aliphatic carbocycles. The van der Waals surface area contributed by atoms with Crippen molar-refractivity contribution < 1.29 is 9.53 Å². The van der Waals surface area contributed by atoms with Gasteiger partial charge in [-0.25, -0.2) is 14.8 Å². The van der Waals surface area contributed by atoms with E-state index in [1.54, 1.807) is 6.33 Å². The van der Waals surface area contributed by atoms with Gasteiger partial charge in [0.1, 0.15) is 23.5 Å². The maximum Gasteiger partial charge on any atom is 0.415 e. The molecular weight excluding hydrogens is 354 g/mol. The van der Waals surface area contributed by atoms with Crippen LogP contribution in [-0.2, 0) is 0 Å². The lowest BCUT2D eigenvalue weighted by Gasteiger charge is -2.27. The Hall–Kier alpha value is -3.09. The molecule has 2 aromatic heterocycles. The molecule has 1 N–H and O–H groups in total. The number of amides is 1. The first-order valence-electron chi connectivity index (χ1n) is 9.72. The average molecular weight is 377 g/mol. The summed E-state index contributed by atoms with van der Waals surface area (Å²) < 4.78 is 5.50. The molecule has 3 heterocycles. The molecule has 7 heteroatoms. The van der Waals surface area contributed by atoms with Crippen LogP contribution in [0.15, 0.2) is 48.9 Å². The zero-order valence-electron chi connectivity index (χ0n) is 15.8. The number of nitrogens with zero attached hydrogens (tertiary/aromatic N) is 4. The molecule has 7 nitrogen and oxygen atoms in total. The van der Waals surface area contributed by atoms with E-state index >= 15 is 0 Å². The number of benzene rings is 1.